The third-order valence-electron chi connectivity index (χ3n) is 5.16. The van der Waals surface area contributed by atoms with Crippen molar-refractivity contribution in [3.05, 3.63) is 81.6 Å². The molecule has 0 radical (unpaired) electrons. The van der Waals surface area contributed by atoms with Gasteiger partial charge in [-0.3, -0.25) is 4.57 Å². The lowest BCUT2D eigenvalue weighted by Crippen LogP contribution is -2.04. The summed E-state index contributed by atoms with van der Waals surface area (Å²) in [7, 11) is 1.67. The summed E-state index contributed by atoms with van der Waals surface area (Å²) in [6.45, 7) is 2.09. The third-order valence-corrected chi connectivity index (χ3v) is 5.82. The van der Waals surface area contributed by atoms with Crippen LogP contribution in [0.1, 0.15) is 28.2 Å². The van der Waals surface area contributed by atoms with Gasteiger partial charge in [-0.15, -0.1) is 5.10 Å². The minimum Gasteiger partial charge on any atom is -0.497 e. The van der Waals surface area contributed by atoms with E-state index in [0.717, 1.165) is 45.2 Å². The minimum absolute atomic E-state index is 0.686. The first-order valence-corrected chi connectivity index (χ1v) is 9.83. The molecule has 0 atom stereocenters. The first-order valence-electron chi connectivity index (χ1n) is 9.03. The molecule has 0 unspecified atom stereocenters. The molecule has 1 aliphatic rings. The van der Waals surface area contributed by atoms with Gasteiger partial charge >= 0.3 is 0 Å². The number of aromatic nitrogens is 5. The number of fused-ring (bicyclic) bond motifs is 5. The Bertz CT molecular complexity index is 1180. The van der Waals surface area contributed by atoms with Gasteiger partial charge in [0.15, 0.2) is 0 Å². The van der Waals surface area contributed by atoms with E-state index in [1.807, 2.05) is 29.2 Å². The molecule has 0 saturated heterocycles. The first-order chi connectivity index (χ1) is 13.6. The highest BCUT2D eigenvalue weighted by molar-refractivity contribution is 9.10. The zero-order chi connectivity index (χ0) is 19.3. The molecule has 4 aromatic rings. The fraction of sp³-hybridized carbons (Fsp3) is 0.190. The van der Waals surface area contributed by atoms with Gasteiger partial charge in [0, 0.05) is 18.9 Å². The minimum atomic E-state index is 0.686. The highest BCUT2D eigenvalue weighted by Crippen LogP contribution is 2.33. The van der Waals surface area contributed by atoms with Crippen LogP contribution in [0, 0.1) is 6.92 Å². The van der Waals surface area contributed by atoms with Gasteiger partial charge in [-0.2, -0.15) is 0 Å². The number of nitrogens with zero attached hydrogens (tertiary/aromatic N) is 5. The molecule has 2 aromatic carbocycles. The van der Waals surface area contributed by atoms with Gasteiger partial charge in [0.2, 0.25) is 0 Å². The molecule has 5 rings (SSSR count). The quantitative estimate of drug-likeness (QED) is 0.429. The summed E-state index contributed by atoms with van der Waals surface area (Å²) in [6, 6.07) is 14.5. The number of halogens is 1. The Labute approximate surface area is 170 Å². The topological polar surface area (TPSA) is 57.8 Å². The number of hydrogen-bond donors (Lipinski definition) is 0. The maximum Gasteiger partial charge on any atom is 0.128 e. The second-order valence-corrected chi connectivity index (χ2v) is 7.69. The maximum absolute atomic E-state index is 5.45. The Morgan fingerprint density at radius 3 is 2.68 bits per heavy atom. The molecule has 0 spiro atoms. The number of imidazole rings is 1. The van der Waals surface area contributed by atoms with Crippen molar-refractivity contribution < 1.29 is 4.74 Å². The zero-order valence-electron chi connectivity index (χ0n) is 15.6. The van der Waals surface area contributed by atoms with E-state index >= 15 is 0 Å². The van der Waals surface area contributed by atoms with Crippen molar-refractivity contribution in [1.29, 1.82) is 0 Å². The van der Waals surface area contributed by atoms with E-state index in [1.165, 1.54) is 11.1 Å². The highest BCUT2D eigenvalue weighted by atomic mass is 79.9. The van der Waals surface area contributed by atoms with E-state index in [9.17, 15) is 0 Å². The summed E-state index contributed by atoms with van der Waals surface area (Å²) >= 11 is 3.60. The number of hydrogen-bond acceptors (Lipinski definition) is 4. The number of ether oxygens (including phenoxy) is 1. The van der Waals surface area contributed by atoms with Crippen molar-refractivity contribution in [2.24, 2.45) is 0 Å². The van der Waals surface area contributed by atoms with Crippen LogP contribution < -0.4 is 4.74 Å². The molecule has 140 valence electrons. The molecule has 0 N–H and O–H groups in total. The van der Waals surface area contributed by atoms with Crippen molar-refractivity contribution >= 4 is 15.9 Å². The van der Waals surface area contributed by atoms with E-state index in [-0.39, 0.29) is 0 Å². The summed E-state index contributed by atoms with van der Waals surface area (Å²) < 4.78 is 10.3. The lowest BCUT2D eigenvalue weighted by molar-refractivity contribution is 0.414. The summed E-state index contributed by atoms with van der Waals surface area (Å²) in [5, 5.41) is 9.03. The lowest BCUT2D eigenvalue weighted by Gasteiger charge is -2.11. The molecule has 28 heavy (non-hydrogen) atoms. The molecule has 0 saturated carbocycles. The zero-order valence-corrected chi connectivity index (χ0v) is 17.1. The first kappa shape index (κ1) is 17.2. The normalized spacial score (nSPS) is 12.1. The van der Waals surface area contributed by atoms with Crippen LogP contribution in [-0.4, -0.2) is 31.7 Å². The van der Waals surface area contributed by atoms with Gasteiger partial charge < -0.3 is 4.74 Å². The molecular formula is C21H18BrN5O. The van der Waals surface area contributed by atoms with Crippen LogP contribution in [0.2, 0.25) is 0 Å². The summed E-state index contributed by atoms with van der Waals surface area (Å²) in [4.78, 5) is 4.46. The van der Waals surface area contributed by atoms with Gasteiger partial charge in [-0.1, -0.05) is 35.0 Å². The molecule has 0 amide bonds. The average Bonchev–Trinajstić information content (AvgIpc) is 3.23. The van der Waals surface area contributed by atoms with E-state index in [1.54, 1.807) is 7.11 Å². The van der Waals surface area contributed by atoms with Gasteiger partial charge in [0.25, 0.3) is 0 Å². The largest absolute Gasteiger partial charge is 0.497 e. The van der Waals surface area contributed by atoms with Crippen molar-refractivity contribution in [1.82, 2.24) is 24.5 Å². The van der Waals surface area contributed by atoms with E-state index in [4.69, 9.17) is 4.74 Å². The molecule has 6 nitrogen and oxygen atoms in total. The van der Waals surface area contributed by atoms with Gasteiger partial charge in [-0.25, -0.2) is 9.67 Å². The van der Waals surface area contributed by atoms with Crippen LogP contribution in [0.3, 0.4) is 0 Å². The predicted molar refractivity (Wildman–Crippen MR) is 110 cm³/mol. The van der Waals surface area contributed by atoms with Crippen LogP contribution >= 0.6 is 15.9 Å². The Morgan fingerprint density at radius 2 is 1.89 bits per heavy atom. The Balaban J connectivity index is 1.68. The van der Waals surface area contributed by atoms with E-state index in [0.29, 0.717) is 6.42 Å². The molecular weight excluding hydrogens is 418 g/mol. The number of benzene rings is 2. The Kier molecular flexibility index (Phi) is 4.05. The molecule has 0 aliphatic carbocycles. The summed E-state index contributed by atoms with van der Waals surface area (Å²) in [5.74, 6) is 0.780. The summed E-state index contributed by atoms with van der Waals surface area (Å²) in [6.07, 6.45) is 3.26. The predicted octanol–water partition coefficient (Wildman–Crippen LogP) is 4.03. The third kappa shape index (κ3) is 2.74. The fourth-order valence-corrected chi connectivity index (χ4v) is 4.04. The highest BCUT2D eigenvalue weighted by Gasteiger charge is 2.26. The van der Waals surface area contributed by atoms with Crippen molar-refractivity contribution in [2.45, 2.75) is 19.8 Å². The fourth-order valence-electron chi connectivity index (χ4n) is 3.62. The second-order valence-electron chi connectivity index (χ2n) is 6.94. The lowest BCUT2D eigenvalue weighted by atomic mass is 10.1. The van der Waals surface area contributed by atoms with Crippen LogP contribution in [0.4, 0.5) is 0 Å². The average molecular weight is 436 g/mol. The Hall–Kier alpha value is -2.93. The molecule has 1 aliphatic heterocycles. The van der Waals surface area contributed by atoms with Crippen LogP contribution in [-0.2, 0) is 12.8 Å². The number of aryl methyl sites for hydroxylation is 1. The molecule has 2 aromatic heterocycles. The standard InChI is InChI=1S/C21H18BrN5O/c1-13-3-5-14(6-4-13)9-16-18-11-20-21(22)23-12-26(20)17-8-7-15(28-2)10-19(17)27(18)25-24-16/h3-8,10,12H,9,11H2,1-2H3. The molecule has 7 heteroatoms. The summed E-state index contributed by atoms with van der Waals surface area (Å²) in [5.41, 5.74) is 7.52. The van der Waals surface area contributed by atoms with E-state index in [2.05, 4.69) is 67.0 Å². The smallest absolute Gasteiger partial charge is 0.128 e. The van der Waals surface area contributed by atoms with Crippen LogP contribution in [0.5, 0.6) is 5.75 Å². The van der Waals surface area contributed by atoms with Crippen LogP contribution in [0.25, 0.3) is 11.4 Å². The molecule has 0 bridgehead atoms. The monoisotopic (exact) mass is 435 g/mol. The number of methoxy groups -OCH3 is 1. The van der Waals surface area contributed by atoms with Gasteiger partial charge in [0.1, 0.15) is 16.7 Å². The van der Waals surface area contributed by atoms with Crippen molar-refractivity contribution in [2.75, 3.05) is 7.11 Å². The second kappa shape index (κ2) is 6.60. The Morgan fingerprint density at radius 1 is 1.07 bits per heavy atom. The number of rotatable bonds is 3. The maximum atomic E-state index is 5.45. The van der Waals surface area contributed by atoms with Gasteiger partial charge in [-0.05, 0) is 40.5 Å². The van der Waals surface area contributed by atoms with Gasteiger partial charge in [0.05, 0.1) is 35.6 Å². The van der Waals surface area contributed by atoms with Crippen molar-refractivity contribution in [3.8, 4) is 17.1 Å². The SMILES string of the molecule is COc1ccc2c(c1)-n1nnc(Cc3ccc(C)cc3)c1Cc1c(Br)ncn1-2. The molecule has 0 fully saturated rings. The van der Waals surface area contributed by atoms with Crippen molar-refractivity contribution in [3.63, 3.8) is 0 Å². The van der Waals surface area contributed by atoms with Crippen LogP contribution in [0.15, 0.2) is 53.4 Å². The molecule has 3 heterocycles. The van der Waals surface area contributed by atoms with E-state index < -0.39 is 0 Å².